The predicted molar refractivity (Wildman–Crippen MR) is 228 cm³/mol. The summed E-state index contributed by atoms with van der Waals surface area (Å²) >= 11 is 43.8. The fourth-order valence-electron chi connectivity index (χ4n) is 4.25. The Morgan fingerprint density at radius 2 is 1.13 bits per heavy atom. The Balaban J connectivity index is 0.000000217. The molecule has 60 heavy (non-hydrogen) atoms. The summed E-state index contributed by atoms with van der Waals surface area (Å²) in [7, 11) is 0. The Hall–Kier alpha value is -4.37. The summed E-state index contributed by atoms with van der Waals surface area (Å²) < 4.78 is 50.2. The first-order chi connectivity index (χ1) is 28.1. The van der Waals surface area contributed by atoms with Crippen molar-refractivity contribution < 1.29 is 41.8 Å². The molecule has 0 saturated carbocycles. The van der Waals surface area contributed by atoms with E-state index in [0.717, 1.165) is 6.20 Å². The number of benzene rings is 4. The van der Waals surface area contributed by atoms with Gasteiger partial charge in [-0.05, 0) is 151 Å². The van der Waals surface area contributed by atoms with Gasteiger partial charge >= 0.3 is 6.18 Å². The second-order valence-corrected chi connectivity index (χ2v) is 14.9. The Morgan fingerprint density at radius 3 is 1.62 bits per heavy atom. The van der Waals surface area contributed by atoms with Crippen molar-refractivity contribution in [3.63, 3.8) is 0 Å². The van der Waals surface area contributed by atoms with E-state index in [1.807, 2.05) is 0 Å². The molecule has 0 radical (unpaired) electrons. The van der Waals surface area contributed by atoms with Crippen LogP contribution in [0.2, 0.25) is 20.1 Å². The number of pyridine rings is 1. The summed E-state index contributed by atoms with van der Waals surface area (Å²) in [4.78, 5) is 47.6. The van der Waals surface area contributed by atoms with E-state index in [9.17, 15) is 32.3 Å². The van der Waals surface area contributed by atoms with Gasteiger partial charge in [-0.25, -0.2) is 9.67 Å². The van der Waals surface area contributed by atoms with Gasteiger partial charge in [-0.1, -0.05) is 64.6 Å². The minimum atomic E-state index is -4.72. The maximum absolute atomic E-state index is 12.9. The Kier molecular flexibility index (Phi) is 19.2. The predicted octanol–water partition coefficient (Wildman–Crippen LogP) is 13.8. The van der Waals surface area contributed by atoms with E-state index in [4.69, 9.17) is 102 Å². The molecular formula is C40H26Cl8F3N3O6. The molecule has 0 spiro atoms. The van der Waals surface area contributed by atoms with Crippen molar-refractivity contribution in [2.24, 2.45) is 0 Å². The molecule has 0 atom stereocenters. The maximum Gasteiger partial charge on any atom is 0.434 e. The van der Waals surface area contributed by atoms with Gasteiger partial charge in [-0.3, -0.25) is 19.2 Å². The summed E-state index contributed by atoms with van der Waals surface area (Å²) in [5.41, 5.74) is -2.15. The number of carbonyl (C=O) groups excluding carboxylic acids is 4. The number of para-hydroxylation sites is 1. The molecule has 0 aliphatic heterocycles. The smallest absolute Gasteiger partial charge is 0.434 e. The molecule has 2 aromatic heterocycles. The number of aromatic nitrogens is 3. The molecule has 4 aromatic carbocycles. The molecule has 0 bridgehead atoms. The van der Waals surface area contributed by atoms with Crippen LogP contribution in [0.25, 0.3) is 5.69 Å². The second-order valence-electron chi connectivity index (χ2n) is 11.8. The lowest BCUT2D eigenvalue weighted by molar-refractivity contribution is -0.143. The van der Waals surface area contributed by atoms with Crippen LogP contribution in [0.15, 0.2) is 122 Å². The molecule has 0 aliphatic carbocycles. The number of rotatable bonds is 9. The molecule has 0 amide bonds. The van der Waals surface area contributed by atoms with Crippen LogP contribution in [-0.2, 0) is 11.0 Å². The average Bonchev–Trinajstić information content (AvgIpc) is 3.65. The lowest BCUT2D eigenvalue weighted by Gasteiger charge is -2.21. The van der Waals surface area contributed by atoms with Gasteiger partial charge in [0, 0.05) is 21.3 Å². The number of nitrogens with zero attached hydrogens (tertiary/aromatic N) is 3. The molecule has 20 heteroatoms. The normalized spacial score (nSPS) is 10.7. The Labute approximate surface area is 380 Å². The number of carbonyl (C=O) groups is 4. The van der Waals surface area contributed by atoms with E-state index >= 15 is 0 Å². The molecular weight excluding hydrogens is 959 g/mol. The van der Waals surface area contributed by atoms with Gasteiger partial charge < -0.3 is 9.47 Å². The molecule has 0 unspecified atom stereocenters. The zero-order valence-corrected chi connectivity index (χ0v) is 36.5. The summed E-state index contributed by atoms with van der Waals surface area (Å²) in [5, 5.41) is 2.63. The monoisotopic (exact) mass is 981 g/mol. The average molecular weight is 985 g/mol. The van der Waals surface area contributed by atoms with Crippen molar-refractivity contribution in [3.05, 3.63) is 164 Å². The minimum absolute atomic E-state index is 0.176. The van der Waals surface area contributed by atoms with E-state index in [-0.39, 0.29) is 27.7 Å². The third-order valence-electron chi connectivity index (χ3n) is 7.06. The molecule has 6 rings (SSSR count). The van der Waals surface area contributed by atoms with Gasteiger partial charge in [0.1, 0.15) is 11.5 Å². The largest absolute Gasteiger partial charge is 0.479 e. The Morgan fingerprint density at radius 1 is 0.617 bits per heavy atom. The zero-order chi connectivity index (χ0) is 44.8. The second kappa shape index (κ2) is 23.0. The van der Waals surface area contributed by atoms with Crippen molar-refractivity contribution in [1.82, 2.24) is 14.8 Å². The van der Waals surface area contributed by atoms with E-state index in [1.54, 1.807) is 98.8 Å². The fraction of sp³-hybridized carbons (Fsp3) is 0.100. The van der Waals surface area contributed by atoms with Crippen LogP contribution in [-0.4, -0.2) is 41.3 Å². The van der Waals surface area contributed by atoms with Gasteiger partial charge in [-0.2, -0.15) is 18.3 Å². The maximum atomic E-state index is 12.9. The van der Waals surface area contributed by atoms with Crippen LogP contribution < -0.4 is 9.47 Å². The molecule has 0 saturated heterocycles. The van der Waals surface area contributed by atoms with Crippen molar-refractivity contribution >= 4 is 114 Å². The summed E-state index contributed by atoms with van der Waals surface area (Å²) in [6, 6.07) is 28.8. The number of hydrogen-bond donors (Lipinski definition) is 0. The minimum Gasteiger partial charge on any atom is -0.479 e. The summed E-state index contributed by atoms with van der Waals surface area (Å²) in [5.74, 6) is 1.27. The quantitative estimate of drug-likeness (QED) is 0.131. The highest BCUT2D eigenvalue weighted by atomic mass is 35.5. The molecule has 6 aromatic rings. The van der Waals surface area contributed by atoms with Gasteiger partial charge in [-0.15, -0.1) is 0 Å². The van der Waals surface area contributed by atoms with E-state index < -0.39 is 44.0 Å². The van der Waals surface area contributed by atoms with Crippen molar-refractivity contribution in [2.45, 2.75) is 25.6 Å². The van der Waals surface area contributed by atoms with Crippen LogP contribution in [0.4, 0.5) is 13.2 Å². The van der Waals surface area contributed by atoms with Crippen molar-refractivity contribution in [1.29, 1.82) is 0 Å². The number of hydrogen-bond acceptors (Lipinski definition) is 8. The fourth-order valence-corrected chi connectivity index (χ4v) is 5.53. The van der Waals surface area contributed by atoms with Gasteiger partial charge in [0.2, 0.25) is 5.88 Å². The van der Waals surface area contributed by atoms with Gasteiger partial charge in [0.25, 0.3) is 21.0 Å². The number of ether oxygens (including phenoxy) is 2. The number of alkyl halides is 3. The van der Waals surface area contributed by atoms with Crippen LogP contribution in [0.5, 0.6) is 17.4 Å². The highest BCUT2D eigenvalue weighted by molar-refractivity contribution is 6.69. The van der Waals surface area contributed by atoms with E-state index in [2.05, 4.69) is 10.1 Å². The van der Waals surface area contributed by atoms with E-state index in [1.165, 1.54) is 30.5 Å². The van der Waals surface area contributed by atoms with Crippen molar-refractivity contribution in [3.8, 4) is 23.1 Å². The molecule has 9 nitrogen and oxygen atoms in total. The highest BCUT2D eigenvalue weighted by Crippen LogP contribution is 2.34. The molecule has 0 N–H and O–H groups in total. The highest BCUT2D eigenvalue weighted by Gasteiger charge is 2.40. The topological polar surface area (TPSA) is 117 Å². The lowest BCUT2D eigenvalue weighted by Crippen LogP contribution is -2.34. The molecule has 314 valence electrons. The lowest BCUT2D eigenvalue weighted by atomic mass is 10.1. The van der Waals surface area contributed by atoms with Crippen LogP contribution >= 0.6 is 92.8 Å². The first-order valence-corrected chi connectivity index (χ1v) is 19.4. The van der Waals surface area contributed by atoms with Gasteiger partial charge in [0.15, 0.2) is 11.3 Å². The summed E-state index contributed by atoms with van der Waals surface area (Å²) in [6.45, 7) is 3.22. The molecule has 0 fully saturated rings. The van der Waals surface area contributed by atoms with Gasteiger partial charge in [0.05, 0.1) is 33.6 Å². The molecule has 0 aliphatic rings. The number of halogens is 11. The Bertz CT molecular complexity index is 2420. The zero-order valence-electron chi connectivity index (χ0n) is 30.5. The third-order valence-corrected chi connectivity index (χ3v) is 9.18. The molecule has 2 heterocycles. The van der Waals surface area contributed by atoms with Crippen LogP contribution in [0.1, 0.15) is 50.6 Å². The standard InChI is InChI=1S/C12H7Cl2NO2.C11H6ClF3N2O.C10H10Cl2O2.C7H3Cl3O/c13-8-3-5-9(6-4-8)17-12-10(11(14)16)2-1-7-15-12;12-10(18)8-6-16-17(9(8)11(13,14)15)7-4-2-1-3-5-7;1-10(2,9(12)13)14-8-5-3-7(11)4-6-8;8-4-1-2-5(7(10)11)6(9)3-4/h1-7H;1-6H;3-6H,1-2H3;1-3H. The first-order valence-electron chi connectivity index (χ1n) is 16.4. The van der Waals surface area contributed by atoms with Crippen LogP contribution in [0, 0.1) is 0 Å². The van der Waals surface area contributed by atoms with E-state index in [0.29, 0.717) is 31.2 Å². The summed E-state index contributed by atoms with van der Waals surface area (Å²) in [6.07, 6.45) is -2.38. The van der Waals surface area contributed by atoms with Crippen LogP contribution in [0.3, 0.4) is 0 Å². The third kappa shape index (κ3) is 15.6. The first kappa shape index (κ1) is 50.0. The SMILES string of the molecule is CC(C)(Oc1ccc(Cl)cc1)C(=O)Cl.O=C(Cl)c1ccc(Cl)cc1Cl.O=C(Cl)c1cccnc1Oc1ccc(Cl)cc1.O=C(Cl)c1cnn(-c2ccccc2)c1C(F)(F)F. The van der Waals surface area contributed by atoms with Crippen molar-refractivity contribution in [2.75, 3.05) is 0 Å².